The van der Waals surface area contributed by atoms with Crippen LogP contribution in [0.3, 0.4) is 0 Å². The molecule has 132 valence electrons. The molecule has 6 nitrogen and oxygen atoms in total. The molecule has 0 N–H and O–H groups in total. The Kier molecular flexibility index (Phi) is 5.47. The van der Waals surface area contributed by atoms with Gasteiger partial charge in [-0.2, -0.15) is 0 Å². The van der Waals surface area contributed by atoms with Crippen molar-refractivity contribution in [1.82, 2.24) is 19.8 Å². The molecule has 1 fully saturated rings. The number of likely N-dealkylation sites (N-methyl/N-ethyl adjacent to an activating group) is 1. The van der Waals surface area contributed by atoms with Gasteiger partial charge in [-0.1, -0.05) is 30.1 Å². The van der Waals surface area contributed by atoms with E-state index in [-0.39, 0.29) is 5.91 Å². The first-order valence-corrected chi connectivity index (χ1v) is 9.27. The van der Waals surface area contributed by atoms with Gasteiger partial charge in [0.1, 0.15) is 11.6 Å². The number of hydrogen-bond donors (Lipinski definition) is 0. The lowest BCUT2D eigenvalue weighted by Gasteiger charge is -2.37. The van der Waals surface area contributed by atoms with Crippen molar-refractivity contribution in [3.8, 4) is 0 Å². The minimum Gasteiger partial charge on any atom is -0.354 e. The molecule has 3 heterocycles. The summed E-state index contributed by atoms with van der Waals surface area (Å²) in [5.74, 6) is 1.51. The third-order valence-electron chi connectivity index (χ3n) is 4.77. The van der Waals surface area contributed by atoms with Crippen molar-refractivity contribution in [3.05, 3.63) is 17.1 Å². The van der Waals surface area contributed by atoms with E-state index in [1.807, 2.05) is 6.92 Å². The number of rotatable bonds is 3. The number of piperazine rings is 1. The van der Waals surface area contributed by atoms with Crippen LogP contribution in [0.4, 0.5) is 5.82 Å². The maximum Gasteiger partial charge on any atom is 0.256 e. The Labute approximate surface area is 152 Å². The van der Waals surface area contributed by atoms with Crippen molar-refractivity contribution >= 4 is 34.9 Å². The molecular weight excluding hydrogens is 349 g/mol. The average molecular weight is 372 g/mol. The molecule has 0 radical (unpaired) electrons. The molecule has 2 aliphatic heterocycles. The van der Waals surface area contributed by atoms with E-state index in [2.05, 4.69) is 21.7 Å². The minimum absolute atomic E-state index is 0.244. The van der Waals surface area contributed by atoms with Crippen LogP contribution in [-0.4, -0.2) is 69.8 Å². The van der Waals surface area contributed by atoms with Crippen molar-refractivity contribution in [2.45, 2.75) is 31.6 Å². The lowest BCUT2D eigenvalue weighted by Crippen LogP contribution is -2.47. The van der Waals surface area contributed by atoms with Gasteiger partial charge in [0.05, 0.1) is 12.2 Å². The van der Waals surface area contributed by atoms with Crippen LogP contribution in [0.2, 0.25) is 0 Å². The number of aromatic nitrogens is 2. The Morgan fingerprint density at radius 1 is 1.17 bits per heavy atom. The third kappa shape index (κ3) is 3.60. The molecule has 8 heteroatoms. The predicted octanol–water partition coefficient (Wildman–Crippen LogP) is 1.62. The van der Waals surface area contributed by atoms with Crippen LogP contribution < -0.4 is 4.90 Å². The summed E-state index contributed by atoms with van der Waals surface area (Å²) < 4.78 is 0. The molecule has 24 heavy (non-hydrogen) atoms. The van der Waals surface area contributed by atoms with Crippen molar-refractivity contribution in [2.24, 2.45) is 0 Å². The molecule has 0 saturated carbocycles. The molecular formula is C16H23Cl2N5O. The smallest absolute Gasteiger partial charge is 0.256 e. The van der Waals surface area contributed by atoms with Gasteiger partial charge in [0.2, 0.25) is 0 Å². The number of fused-ring (bicyclic) bond motifs is 1. The quantitative estimate of drug-likeness (QED) is 0.755. The van der Waals surface area contributed by atoms with E-state index in [0.717, 1.165) is 55.6 Å². The van der Waals surface area contributed by atoms with Gasteiger partial charge in [-0.05, 0) is 13.5 Å². The summed E-state index contributed by atoms with van der Waals surface area (Å²) in [6, 6.07) is 0. The SMILES string of the molecule is CCN1CCN(c2nc(C)nc3c2CN(C(=O)C(Cl)Cl)CC3)CC1. The van der Waals surface area contributed by atoms with Crippen molar-refractivity contribution in [3.63, 3.8) is 0 Å². The van der Waals surface area contributed by atoms with E-state index in [0.29, 0.717) is 19.5 Å². The Morgan fingerprint density at radius 3 is 2.50 bits per heavy atom. The molecule has 1 amide bonds. The van der Waals surface area contributed by atoms with Gasteiger partial charge in [0.25, 0.3) is 5.91 Å². The number of alkyl halides is 2. The van der Waals surface area contributed by atoms with E-state index in [1.54, 1.807) is 4.90 Å². The molecule has 1 aromatic heterocycles. The van der Waals surface area contributed by atoms with Crippen LogP contribution in [0.15, 0.2) is 0 Å². The highest BCUT2D eigenvalue weighted by Gasteiger charge is 2.30. The highest BCUT2D eigenvalue weighted by molar-refractivity contribution is 6.53. The fourth-order valence-corrected chi connectivity index (χ4v) is 3.66. The lowest BCUT2D eigenvalue weighted by molar-refractivity contribution is -0.130. The minimum atomic E-state index is -1.02. The Hall–Kier alpha value is -1.11. The Balaban J connectivity index is 1.86. The normalized spacial score (nSPS) is 18.9. The maximum absolute atomic E-state index is 12.1. The molecule has 0 aromatic carbocycles. The highest BCUT2D eigenvalue weighted by atomic mass is 35.5. The highest BCUT2D eigenvalue weighted by Crippen LogP contribution is 2.28. The fraction of sp³-hybridized carbons (Fsp3) is 0.688. The van der Waals surface area contributed by atoms with Crippen LogP contribution in [0.1, 0.15) is 24.0 Å². The number of carbonyl (C=O) groups is 1. The summed E-state index contributed by atoms with van der Waals surface area (Å²) in [7, 11) is 0. The molecule has 0 bridgehead atoms. The van der Waals surface area contributed by atoms with Crippen molar-refractivity contribution < 1.29 is 4.79 Å². The van der Waals surface area contributed by atoms with Gasteiger partial charge in [-0.25, -0.2) is 9.97 Å². The van der Waals surface area contributed by atoms with Crippen LogP contribution >= 0.6 is 23.2 Å². The summed E-state index contributed by atoms with van der Waals surface area (Å²) in [5.41, 5.74) is 2.08. The van der Waals surface area contributed by atoms with E-state index in [4.69, 9.17) is 28.2 Å². The first-order chi connectivity index (χ1) is 11.5. The average Bonchev–Trinajstić information content (AvgIpc) is 2.60. The van der Waals surface area contributed by atoms with Crippen molar-refractivity contribution in [1.29, 1.82) is 0 Å². The molecule has 0 atom stereocenters. The topological polar surface area (TPSA) is 52.6 Å². The largest absolute Gasteiger partial charge is 0.354 e. The van der Waals surface area contributed by atoms with Gasteiger partial charge < -0.3 is 14.7 Å². The number of halogens is 2. The predicted molar refractivity (Wildman–Crippen MR) is 95.7 cm³/mol. The van der Waals surface area contributed by atoms with Gasteiger partial charge in [-0.3, -0.25) is 4.79 Å². The molecule has 0 aliphatic carbocycles. The molecule has 1 saturated heterocycles. The second-order valence-electron chi connectivity index (χ2n) is 6.25. The van der Waals surface area contributed by atoms with E-state index >= 15 is 0 Å². The van der Waals surface area contributed by atoms with Crippen LogP contribution in [0.25, 0.3) is 0 Å². The lowest BCUT2D eigenvalue weighted by atomic mass is 10.0. The summed E-state index contributed by atoms with van der Waals surface area (Å²) in [6.07, 6.45) is 0.715. The standard InChI is InChI=1S/C16H23Cl2N5O/c1-3-21-6-8-22(9-7-21)15-12-10-23(16(24)14(17)18)5-4-13(12)19-11(2)20-15/h14H,3-10H2,1-2H3. The molecule has 0 spiro atoms. The second kappa shape index (κ2) is 7.42. The summed E-state index contributed by atoms with van der Waals surface area (Å²) >= 11 is 11.5. The maximum atomic E-state index is 12.1. The van der Waals surface area contributed by atoms with Crippen LogP contribution in [0.5, 0.6) is 0 Å². The monoisotopic (exact) mass is 371 g/mol. The zero-order chi connectivity index (χ0) is 17.3. The fourth-order valence-electron chi connectivity index (χ4n) is 3.38. The van der Waals surface area contributed by atoms with Crippen LogP contribution in [0, 0.1) is 6.92 Å². The zero-order valence-corrected chi connectivity index (χ0v) is 15.6. The molecule has 0 unspecified atom stereocenters. The molecule has 3 rings (SSSR count). The first-order valence-electron chi connectivity index (χ1n) is 8.40. The zero-order valence-electron chi connectivity index (χ0n) is 14.1. The summed E-state index contributed by atoms with van der Waals surface area (Å²) in [5, 5.41) is 0. The summed E-state index contributed by atoms with van der Waals surface area (Å²) in [6.45, 7) is 10.2. The number of hydrogen-bond acceptors (Lipinski definition) is 5. The van der Waals surface area contributed by atoms with Crippen LogP contribution in [-0.2, 0) is 17.8 Å². The third-order valence-corrected chi connectivity index (χ3v) is 5.14. The molecule has 1 aromatic rings. The van der Waals surface area contributed by atoms with Gasteiger partial charge in [0, 0.05) is 44.7 Å². The number of anilines is 1. The van der Waals surface area contributed by atoms with Gasteiger partial charge in [-0.15, -0.1) is 0 Å². The number of aryl methyl sites for hydroxylation is 1. The Bertz CT molecular complexity index is 617. The van der Waals surface area contributed by atoms with Gasteiger partial charge in [0.15, 0.2) is 4.84 Å². The number of amides is 1. The number of carbonyl (C=O) groups excluding carboxylic acids is 1. The Morgan fingerprint density at radius 2 is 1.88 bits per heavy atom. The first kappa shape index (κ1) is 17.7. The van der Waals surface area contributed by atoms with E-state index in [1.165, 1.54) is 0 Å². The van der Waals surface area contributed by atoms with E-state index in [9.17, 15) is 4.79 Å². The second-order valence-corrected chi connectivity index (χ2v) is 7.35. The molecule has 2 aliphatic rings. The van der Waals surface area contributed by atoms with E-state index < -0.39 is 4.84 Å². The van der Waals surface area contributed by atoms with Gasteiger partial charge >= 0.3 is 0 Å². The van der Waals surface area contributed by atoms with Crippen molar-refractivity contribution in [2.75, 3.05) is 44.2 Å². The number of nitrogens with zero attached hydrogens (tertiary/aromatic N) is 5. The summed E-state index contributed by atoms with van der Waals surface area (Å²) in [4.78, 5) is 26.9.